The summed E-state index contributed by atoms with van der Waals surface area (Å²) >= 11 is 0. The van der Waals surface area contributed by atoms with Gasteiger partial charge in [0.15, 0.2) is 0 Å². The van der Waals surface area contributed by atoms with Crippen LogP contribution in [0, 0.1) is 13.8 Å². The van der Waals surface area contributed by atoms with Crippen LogP contribution in [0.1, 0.15) is 11.1 Å². The van der Waals surface area contributed by atoms with Gasteiger partial charge < -0.3 is 9.52 Å². The molecule has 1 heterocycles. The zero-order chi connectivity index (χ0) is 10.3. The van der Waals surface area contributed by atoms with E-state index in [-0.39, 0.29) is 5.75 Å². The highest BCUT2D eigenvalue weighted by atomic mass is 16.4. The molecule has 2 rings (SSSR count). The van der Waals surface area contributed by atoms with Crippen molar-refractivity contribution >= 4 is 11.0 Å². The zero-order valence-electron chi connectivity index (χ0n) is 8.00. The van der Waals surface area contributed by atoms with Gasteiger partial charge in [-0.2, -0.15) is 0 Å². The molecule has 1 aromatic heterocycles. The minimum absolute atomic E-state index is 0.299. The number of rotatable bonds is 0. The first kappa shape index (κ1) is 8.81. The predicted molar refractivity (Wildman–Crippen MR) is 53.6 cm³/mol. The molecule has 72 valence electrons. The number of benzene rings is 1. The molecule has 1 aromatic carbocycles. The van der Waals surface area contributed by atoms with Gasteiger partial charge in [-0.25, -0.2) is 4.79 Å². The second-order valence-electron chi connectivity index (χ2n) is 3.31. The lowest BCUT2D eigenvalue weighted by Gasteiger charge is -2.04. The molecule has 14 heavy (non-hydrogen) atoms. The average Bonchev–Trinajstić information content (AvgIpc) is 2.14. The van der Waals surface area contributed by atoms with Crippen molar-refractivity contribution in [1.29, 1.82) is 0 Å². The lowest BCUT2D eigenvalue weighted by Crippen LogP contribution is -2.00. The Hall–Kier alpha value is -1.77. The van der Waals surface area contributed by atoms with Gasteiger partial charge in [-0.05, 0) is 25.5 Å². The summed E-state index contributed by atoms with van der Waals surface area (Å²) in [5, 5.41) is 10.2. The molecule has 3 nitrogen and oxygen atoms in total. The standard InChI is InChI=1S/C11H10O3/c1-6-4-3-5-8-9(6)7(2)10(12)11(13)14-8/h3-5,12H,1-2H3. The summed E-state index contributed by atoms with van der Waals surface area (Å²) in [5.74, 6) is -0.299. The molecule has 0 saturated heterocycles. The number of aryl methyl sites for hydroxylation is 2. The Morgan fingerprint density at radius 3 is 2.71 bits per heavy atom. The highest BCUT2D eigenvalue weighted by Gasteiger charge is 2.10. The average molecular weight is 190 g/mol. The van der Waals surface area contributed by atoms with Crippen molar-refractivity contribution < 1.29 is 9.52 Å². The number of fused-ring (bicyclic) bond motifs is 1. The van der Waals surface area contributed by atoms with E-state index in [2.05, 4.69) is 0 Å². The third-order valence-electron chi connectivity index (χ3n) is 2.36. The van der Waals surface area contributed by atoms with Crippen LogP contribution in [0.3, 0.4) is 0 Å². The fraction of sp³-hybridized carbons (Fsp3) is 0.182. The lowest BCUT2D eigenvalue weighted by molar-refractivity contribution is 0.424. The van der Waals surface area contributed by atoms with Crippen LogP contribution in [-0.2, 0) is 0 Å². The molecule has 1 N–H and O–H groups in total. The van der Waals surface area contributed by atoms with Gasteiger partial charge in [-0.1, -0.05) is 12.1 Å². The van der Waals surface area contributed by atoms with Crippen LogP contribution in [0.2, 0.25) is 0 Å². The van der Waals surface area contributed by atoms with Crippen molar-refractivity contribution in [2.24, 2.45) is 0 Å². The summed E-state index contributed by atoms with van der Waals surface area (Å²) in [6, 6.07) is 5.45. The van der Waals surface area contributed by atoms with Crippen LogP contribution in [-0.4, -0.2) is 5.11 Å². The number of hydrogen-bond donors (Lipinski definition) is 1. The zero-order valence-corrected chi connectivity index (χ0v) is 8.00. The third kappa shape index (κ3) is 1.09. The maximum Gasteiger partial charge on any atom is 0.379 e. The van der Waals surface area contributed by atoms with Gasteiger partial charge in [0.25, 0.3) is 0 Å². The predicted octanol–water partition coefficient (Wildman–Crippen LogP) is 2.12. The largest absolute Gasteiger partial charge is 0.502 e. The lowest BCUT2D eigenvalue weighted by atomic mass is 10.1. The van der Waals surface area contributed by atoms with Crippen molar-refractivity contribution in [3.8, 4) is 5.75 Å². The molecule has 0 fully saturated rings. The van der Waals surface area contributed by atoms with Crippen molar-refractivity contribution in [3.05, 3.63) is 39.7 Å². The monoisotopic (exact) mass is 190 g/mol. The van der Waals surface area contributed by atoms with Gasteiger partial charge in [0.1, 0.15) is 5.58 Å². The highest BCUT2D eigenvalue weighted by Crippen LogP contribution is 2.25. The van der Waals surface area contributed by atoms with E-state index in [9.17, 15) is 9.90 Å². The minimum atomic E-state index is -0.680. The molecule has 3 heteroatoms. The molecule has 0 bridgehead atoms. The summed E-state index contributed by atoms with van der Waals surface area (Å²) in [6.45, 7) is 3.62. The van der Waals surface area contributed by atoms with Gasteiger partial charge in [0.2, 0.25) is 5.75 Å². The molecular weight excluding hydrogens is 180 g/mol. The number of hydrogen-bond acceptors (Lipinski definition) is 3. The smallest absolute Gasteiger partial charge is 0.379 e. The fourth-order valence-corrected chi connectivity index (χ4v) is 1.63. The maximum atomic E-state index is 11.1. The SMILES string of the molecule is Cc1cccc2oc(=O)c(O)c(C)c12. The van der Waals surface area contributed by atoms with E-state index in [1.807, 2.05) is 19.1 Å². The molecule has 0 aliphatic heterocycles. The summed E-state index contributed by atoms with van der Waals surface area (Å²) in [7, 11) is 0. The Bertz CT molecular complexity index is 552. The van der Waals surface area contributed by atoms with Crippen LogP contribution >= 0.6 is 0 Å². The molecule has 0 unspecified atom stereocenters. The van der Waals surface area contributed by atoms with E-state index in [0.717, 1.165) is 10.9 Å². The molecule has 0 amide bonds. The van der Waals surface area contributed by atoms with Gasteiger partial charge in [-0.3, -0.25) is 0 Å². The molecule has 0 aliphatic rings. The fourth-order valence-electron chi connectivity index (χ4n) is 1.63. The Morgan fingerprint density at radius 1 is 1.29 bits per heavy atom. The molecule has 0 radical (unpaired) electrons. The summed E-state index contributed by atoms with van der Waals surface area (Å²) in [5.41, 5.74) is 1.40. The van der Waals surface area contributed by atoms with Crippen LogP contribution in [0.5, 0.6) is 5.75 Å². The van der Waals surface area contributed by atoms with Crippen molar-refractivity contribution in [3.63, 3.8) is 0 Å². The Morgan fingerprint density at radius 2 is 2.00 bits per heavy atom. The van der Waals surface area contributed by atoms with Gasteiger partial charge in [-0.15, -0.1) is 0 Å². The van der Waals surface area contributed by atoms with Crippen LogP contribution in [0.15, 0.2) is 27.4 Å². The topological polar surface area (TPSA) is 50.4 Å². The van der Waals surface area contributed by atoms with E-state index in [1.54, 1.807) is 13.0 Å². The quantitative estimate of drug-likeness (QED) is 0.647. The van der Waals surface area contributed by atoms with Gasteiger partial charge in [0.05, 0.1) is 0 Å². The second kappa shape index (κ2) is 2.87. The Balaban J connectivity index is 3.07. The Kier molecular flexibility index (Phi) is 1.81. The molecule has 0 saturated carbocycles. The van der Waals surface area contributed by atoms with Gasteiger partial charge in [0, 0.05) is 10.9 Å². The van der Waals surface area contributed by atoms with Crippen molar-refractivity contribution in [2.45, 2.75) is 13.8 Å². The highest BCUT2D eigenvalue weighted by molar-refractivity contribution is 5.85. The van der Waals surface area contributed by atoms with E-state index in [1.165, 1.54) is 0 Å². The van der Waals surface area contributed by atoms with Gasteiger partial charge >= 0.3 is 5.63 Å². The first-order valence-electron chi connectivity index (χ1n) is 4.33. The normalized spacial score (nSPS) is 10.7. The number of aromatic hydroxyl groups is 1. The molecule has 2 aromatic rings. The molecular formula is C11H10O3. The maximum absolute atomic E-state index is 11.1. The first-order valence-corrected chi connectivity index (χ1v) is 4.33. The van der Waals surface area contributed by atoms with E-state index < -0.39 is 5.63 Å². The first-order chi connectivity index (χ1) is 6.61. The molecule has 0 aliphatic carbocycles. The summed E-state index contributed by atoms with van der Waals surface area (Å²) in [6.07, 6.45) is 0. The molecule has 0 atom stereocenters. The van der Waals surface area contributed by atoms with E-state index >= 15 is 0 Å². The third-order valence-corrected chi connectivity index (χ3v) is 2.36. The summed E-state index contributed by atoms with van der Waals surface area (Å²) in [4.78, 5) is 11.1. The second-order valence-corrected chi connectivity index (χ2v) is 3.31. The van der Waals surface area contributed by atoms with E-state index in [0.29, 0.717) is 11.1 Å². The van der Waals surface area contributed by atoms with Crippen LogP contribution < -0.4 is 5.63 Å². The van der Waals surface area contributed by atoms with E-state index in [4.69, 9.17) is 4.42 Å². The van der Waals surface area contributed by atoms with Crippen molar-refractivity contribution in [1.82, 2.24) is 0 Å². The van der Waals surface area contributed by atoms with Crippen LogP contribution in [0.4, 0.5) is 0 Å². The van der Waals surface area contributed by atoms with Crippen LogP contribution in [0.25, 0.3) is 11.0 Å². The van der Waals surface area contributed by atoms with Crippen molar-refractivity contribution in [2.75, 3.05) is 0 Å². The Labute approximate surface area is 80.6 Å². The summed E-state index contributed by atoms with van der Waals surface area (Å²) < 4.78 is 4.95. The minimum Gasteiger partial charge on any atom is -0.502 e. The molecule has 0 spiro atoms.